The lowest BCUT2D eigenvalue weighted by Gasteiger charge is -2.19. The Hall–Kier alpha value is -3.86. The molecule has 0 spiro atoms. The van der Waals surface area contributed by atoms with Crippen molar-refractivity contribution in [3.8, 4) is 0 Å². The van der Waals surface area contributed by atoms with Gasteiger partial charge in [0, 0.05) is 30.3 Å². The number of aromatic nitrogens is 1. The van der Waals surface area contributed by atoms with Crippen LogP contribution in [0.1, 0.15) is 33.7 Å². The summed E-state index contributed by atoms with van der Waals surface area (Å²) >= 11 is 0. The Kier molecular flexibility index (Phi) is 8.93. The van der Waals surface area contributed by atoms with E-state index in [0.29, 0.717) is 12.1 Å². The molecule has 3 rings (SSSR count). The van der Waals surface area contributed by atoms with Crippen LogP contribution in [-0.2, 0) is 28.5 Å². The fraction of sp³-hybridized carbons (Fsp3) is 0.231. The van der Waals surface area contributed by atoms with Crippen LogP contribution >= 0.6 is 0 Å². The lowest BCUT2D eigenvalue weighted by molar-refractivity contribution is -0.143. The molecule has 2 aromatic carbocycles. The number of halogens is 6. The zero-order chi connectivity index (χ0) is 27.1. The van der Waals surface area contributed by atoms with Crippen LogP contribution in [-0.4, -0.2) is 24.0 Å². The van der Waals surface area contributed by atoms with Gasteiger partial charge in [-0.3, -0.25) is 9.59 Å². The predicted octanol–water partition coefficient (Wildman–Crippen LogP) is 5.54. The van der Waals surface area contributed by atoms with Gasteiger partial charge in [0.15, 0.2) is 0 Å². The quantitative estimate of drug-likeness (QED) is 0.285. The molecule has 0 bridgehead atoms. The Labute approximate surface area is 207 Å². The summed E-state index contributed by atoms with van der Waals surface area (Å²) in [6.45, 7) is -0.528. The molecular formula is C26H22F6N2O3. The predicted molar refractivity (Wildman–Crippen MR) is 124 cm³/mol. The summed E-state index contributed by atoms with van der Waals surface area (Å²) < 4.78 is 84.1. The summed E-state index contributed by atoms with van der Waals surface area (Å²) in [6.07, 6.45) is -5.94. The second kappa shape index (κ2) is 11.9. The fourth-order valence-electron chi connectivity index (χ4n) is 3.43. The van der Waals surface area contributed by atoms with Gasteiger partial charge >= 0.3 is 12.4 Å². The van der Waals surface area contributed by atoms with Crippen molar-refractivity contribution < 1.29 is 35.9 Å². The van der Waals surface area contributed by atoms with E-state index >= 15 is 0 Å². The van der Waals surface area contributed by atoms with Crippen LogP contribution < -0.4 is 10.9 Å². The number of ether oxygens (including phenoxy) is 1. The van der Waals surface area contributed by atoms with E-state index in [9.17, 15) is 35.9 Å². The normalized spacial score (nSPS) is 13.0. The van der Waals surface area contributed by atoms with Crippen LogP contribution in [0.15, 0.2) is 77.7 Å². The third-order valence-electron chi connectivity index (χ3n) is 5.29. The van der Waals surface area contributed by atoms with Crippen molar-refractivity contribution in [3.05, 3.63) is 111 Å². The first kappa shape index (κ1) is 27.7. The van der Waals surface area contributed by atoms with Gasteiger partial charge in [-0.15, -0.1) is 0 Å². The Morgan fingerprint density at radius 2 is 1.59 bits per heavy atom. The summed E-state index contributed by atoms with van der Waals surface area (Å²) in [7, 11) is 0. The largest absolute Gasteiger partial charge is 0.416 e. The number of H-pyrrole nitrogens is 1. The number of hydrogen-bond donors (Lipinski definition) is 2. The SMILES string of the molecule is O=C(/C=C/c1ccc[nH]c1=O)NCC(COCc1cc(C(F)(F)F)cc(C(F)(F)F)c1)c1ccccc1. The second-order valence-corrected chi connectivity index (χ2v) is 8.07. The molecule has 196 valence electrons. The maximum atomic E-state index is 13.1. The van der Waals surface area contributed by atoms with E-state index in [-0.39, 0.29) is 35.9 Å². The summed E-state index contributed by atoms with van der Waals surface area (Å²) in [4.78, 5) is 26.4. The zero-order valence-corrected chi connectivity index (χ0v) is 19.2. The van der Waals surface area contributed by atoms with Gasteiger partial charge in [0.2, 0.25) is 5.91 Å². The van der Waals surface area contributed by atoms with Gasteiger partial charge < -0.3 is 15.0 Å². The highest BCUT2D eigenvalue weighted by Crippen LogP contribution is 2.36. The van der Waals surface area contributed by atoms with Crippen LogP contribution in [0, 0.1) is 0 Å². The van der Waals surface area contributed by atoms with E-state index in [0.717, 1.165) is 5.56 Å². The van der Waals surface area contributed by atoms with Crippen LogP contribution in [0.5, 0.6) is 0 Å². The molecule has 1 aromatic heterocycles. The van der Waals surface area contributed by atoms with Gasteiger partial charge in [0.1, 0.15) is 0 Å². The molecule has 1 amide bonds. The molecule has 0 aliphatic heterocycles. The standard InChI is InChI=1S/C26H22F6N2O3/c27-25(28,29)21-11-17(12-22(13-21)26(30,31)32)15-37-16-20(18-5-2-1-3-6-18)14-34-23(35)9-8-19-7-4-10-33-24(19)36/h1-13,20H,14-16H2,(H,33,36)(H,34,35)/b9-8+. The number of aromatic amines is 1. The van der Waals surface area contributed by atoms with Crippen molar-refractivity contribution >= 4 is 12.0 Å². The molecule has 0 radical (unpaired) electrons. The van der Waals surface area contributed by atoms with E-state index < -0.39 is 41.9 Å². The third-order valence-corrected chi connectivity index (χ3v) is 5.29. The Balaban J connectivity index is 1.68. The summed E-state index contributed by atoms with van der Waals surface area (Å²) in [6, 6.07) is 13.2. The number of pyridine rings is 1. The Morgan fingerprint density at radius 1 is 0.946 bits per heavy atom. The number of hydrogen-bond acceptors (Lipinski definition) is 3. The average Bonchev–Trinajstić information content (AvgIpc) is 2.85. The minimum Gasteiger partial charge on any atom is -0.376 e. The number of amides is 1. The molecule has 0 aliphatic rings. The zero-order valence-electron chi connectivity index (χ0n) is 19.2. The van der Waals surface area contributed by atoms with Gasteiger partial charge in [-0.2, -0.15) is 26.3 Å². The average molecular weight is 524 g/mol. The van der Waals surface area contributed by atoms with Crippen molar-refractivity contribution in [2.24, 2.45) is 0 Å². The topological polar surface area (TPSA) is 71.2 Å². The van der Waals surface area contributed by atoms with Crippen molar-refractivity contribution in [2.75, 3.05) is 13.2 Å². The van der Waals surface area contributed by atoms with Gasteiger partial charge in [-0.1, -0.05) is 30.3 Å². The summed E-state index contributed by atoms with van der Waals surface area (Å²) in [5.74, 6) is -0.955. The fourth-order valence-corrected chi connectivity index (χ4v) is 3.43. The first-order chi connectivity index (χ1) is 17.4. The monoisotopic (exact) mass is 524 g/mol. The number of benzene rings is 2. The van der Waals surface area contributed by atoms with E-state index in [1.54, 1.807) is 36.4 Å². The molecule has 0 saturated heterocycles. The minimum absolute atomic E-state index is 0.0581. The molecule has 0 saturated carbocycles. The maximum absolute atomic E-state index is 13.1. The highest BCUT2D eigenvalue weighted by Gasteiger charge is 2.36. The number of rotatable bonds is 9. The van der Waals surface area contributed by atoms with Crippen molar-refractivity contribution in [1.29, 1.82) is 0 Å². The number of nitrogens with one attached hydrogen (secondary N) is 2. The summed E-state index contributed by atoms with van der Waals surface area (Å²) in [5, 5.41) is 2.66. The van der Waals surface area contributed by atoms with Gasteiger partial charge in [0.25, 0.3) is 5.56 Å². The smallest absolute Gasteiger partial charge is 0.376 e. The number of carbonyl (C=O) groups is 1. The molecule has 3 aromatic rings. The molecule has 37 heavy (non-hydrogen) atoms. The second-order valence-electron chi connectivity index (χ2n) is 8.07. The van der Waals surface area contributed by atoms with Crippen molar-refractivity contribution in [3.63, 3.8) is 0 Å². The van der Waals surface area contributed by atoms with Crippen LogP contribution in [0.3, 0.4) is 0 Å². The van der Waals surface area contributed by atoms with Crippen molar-refractivity contribution in [2.45, 2.75) is 24.9 Å². The molecule has 11 heteroatoms. The molecular weight excluding hydrogens is 502 g/mol. The third kappa shape index (κ3) is 8.35. The highest BCUT2D eigenvalue weighted by atomic mass is 19.4. The summed E-state index contributed by atoms with van der Waals surface area (Å²) in [5.41, 5.74) is -2.47. The van der Waals surface area contributed by atoms with E-state index in [1.807, 2.05) is 0 Å². The molecule has 2 N–H and O–H groups in total. The molecule has 1 atom stereocenters. The number of alkyl halides is 6. The van der Waals surface area contributed by atoms with Crippen LogP contribution in [0.2, 0.25) is 0 Å². The molecule has 0 aliphatic carbocycles. The first-order valence-electron chi connectivity index (χ1n) is 11.0. The van der Waals surface area contributed by atoms with Crippen LogP contribution in [0.25, 0.3) is 6.08 Å². The van der Waals surface area contributed by atoms with Crippen LogP contribution in [0.4, 0.5) is 26.3 Å². The molecule has 1 unspecified atom stereocenters. The molecule has 5 nitrogen and oxygen atoms in total. The Bertz CT molecular complexity index is 1250. The van der Waals surface area contributed by atoms with Crippen molar-refractivity contribution in [1.82, 2.24) is 10.3 Å². The number of carbonyl (C=O) groups excluding carboxylic acids is 1. The molecule has 1 heterocycles. The Morgan fingerprint density at radius 3 is 2.19 bits per heavy atom. The van der Waals surface area contributed by atoms with Gasteiger partial charge in [0.05, 0.1) is 24.3 Å². The lowest BCUT2D eigenvalue weighted by atomic mass is 10.00. The van der Waals surface area contributed by atoms with E-state index in [1.165, 1.54) is 24.4 Å². The lowest BCUT2D eigenvalue weighted by Crippen LogP contribution is -2.29. The first-order valence-corrected chi connectivity index (χ1v) is 11.0. The highest BCUT2D eigenvalue weighted by molar-refractivity contribution is 5.91. The van der Waals surface area contributed by atoms with Gasteiger partial charge in [-0.25, -0.2) is 0 Å². The molecule has 0 fully saturated rings. The minimum atomic E-state index is -4.95. The van der Waals surface area contributed by atoms with E-state index in [4.69, 9.17) is 4.74 Å². The van der Waals surface area contributed by atoms with Gasteiger partial charge in [-0.05, 0) is 47.5 Å². The van der Waals surface area contributed by atoms with E-state index in [2.05, 4.69) is 10.3 Å². The maximum Gasteiger partial charge on any atom is 0.416 e.